The van der Waals surface area contributed by atoms with Crippen molar-refractivity contribution in [2.45, 2.75) is 25.8 Å². The molecule has 0 saturated carbocycles. The molecule has 0 spiro atoms. The summed E-state index contributed by atoms with van der Waals surface area (Å²) in [5.74, 6) is 1.47. The fourth-order valence-corrected chi connectivity index (χ4v) is 2.88. The summed E-state index contributed by atoms with van der Waals surface area (Å²) in [4.78, 5) is 4.23. The number of ether oxygens (including phenoxy) is 1. The van der Waals surface area contributed by atoms with Crippen LogP contribution < -0.4 is 10.5 Å². The van der Waals surface area contributed by atoms with Gasteiger partial charge < -0.3 is 15.0 Å². The molecular formula is C13H14ClN3O2. The van der Waals surface area contributed by atoms with Gasteiger partial charge in [-0.15, -0.1) is 0 Å². The van der Waals surface area contributed by atoms with Crippen LogP contribution in [0.3, 0.4) is 0 Å². The summed E-state index contributed by atoms with van der Waals surface area (Å²) in [6, 6.07) is 2.04. The fraction of sp³-hybridized carbons (Fsp3) is 0.385. The van der Waals surface area contributed by atoms with Gasteiger partial charge in [0.2, 0.25) is 11.7 Å². The van der Waals surface area contributed by atoms with E-state index in [1.807, 2.05) is 6.07 Å². The van der Waals surface area contributed by atoms with Gasteiger partial charge in [-0.3, -0.25) is 0 Å². The molecule has 0 radical (unpaired) electrons. The molecule has 0 aliphatic heterocycles. The van der Waals surface area contributed by atoms with Crippen molar-refractivity contribution in [3.8, 4) is 17.1 Å². The Morgan fingerprint density at radius 1 is 1.47 bits per heavy atom. The molecule has 6 heteroatoms. The van der Waals surface area contributed by atoms with Crippen molar-refractivity contribution < 1.29 is 9.26 Å². The number of methoxy groups -OCH3 is 1. The maximum Gasteiger partial charge on any atom is 0.240 e. The molecule has 0 bridgehead atoms. The summed E-state index contributed by atoms with van der Waals surface area (Å²) >= 11 is 6.41. The van der Waals surface area contributed by atoms with E-state index in [1.165, 1.54) is 11.1 Å². The van der Waals surface area contributed by atoms with Gasteiger partial charge in [-0.2, -0.15) is 4.98 Å². The van der Waals surface area contributed by atoms with Crippen LogP contribution in [-0.2, 0) is 19.4 Å². The molecule has 1 aromatic carbocycles. The van der Waals surface area contributed by atoms with E-state index >= 15 is 0 Å². The van der Waals surface area contributed by atoms with Gasteiger partial charge in [-0.05, 0) is 36.5 Å². The second kappa shape index (κ2) is 4.83. The Hall–Kier alpha value is -1.59. The van der Waals surface area contributed by atoms with Crippen LogP contribution in [0.25, 0.3) is 11.4 Å². The van der Waals surface area contributed by atoms with Crippen molar-refractivity contribution in [2.24, 2.45) is 5.73 Å². The topological polar surface area (TPSA) is 74.2 Å². The van der Waals surface area contributed by atoms with E-state index in [0.29, 0.717) is 22.5 Å². The summed E-state index contributed by atoms with van der Waals surface area (Å²) in [5, 5.41) is 4.59. The number of hydrogen-bond acceptors (Lipinski definition) is 5. The quantitative estimate of drug-likeness (QED) is 0.933. The second-order valence-electron chi connectivity index (χ2n) is 4.48. The van der Waals surface area contributed by atoms with Gasteiger partial charge in [0.25, 0.3) is 0 Å². The first-order valence-corrected chi connectivity index (χ1v) is 6.53. The van der Waals surface area contributed by atoms with E-state index in [0.717, 1.165) is 24.8 Å². The van der Waals surface area contributed by atoms with Gasteiger partial charge in [-0.1, -0.05) is 16.8 Å². The van der Waals surface area contributed by atoms with E-state index in [-0.39, 0.29) is 6.54 Å². The van der Waals surface area contributed by atoms with Crippen molar-refractivity contribution >= 4 is 11.6 Å². The highest BCUT2D eigenvalue weighted by atomic mass is 35.5. The molecule has 0 unspecified atom stereocenters. The maximum atomic E-state index is 6.41. The first kappa shape index (κ1) is 12.4. The minimum absolute atomic E-state index is 0.216. The van der Waals surface area contributed by atoms with E-state index < -0.39 is 0 Å². The third-order valence-electron chi connectivity index (χ3n) is 3.38. The van der Waals surface area contributed by atoms with Crippen LogP contribution in [0.5, 0.6) is 5.75 Å². The fourth-order valence-electron chi connectivity index (χ4n) is 2.48. The van der Waals surface area contributed by atoms with Crippen molar-refractivity contribution in [1.29, 1.82) is 0 Å². The van der Waals surface area contributed by atoms with E-state index in [9.17, 15) is 0 Å². The molecule has 19 heavy (non-hydrogen) atoms. The summed E-state index contributed by atoms with van der Waals surface area (Å²) in [7, 11) is 1.59. The molecule has 5 nitrogen and oxygen atoms in total. The number of aryl methyl sites for hydroxylation is 1. The predicted octanol–water partition coefficient (Wildman–Crippen LogP) is 2.35. The Balaban J connectivity index is 2.17. The molecule has 3 rings (SSSR count). The lowest BCUT2D eigenvalue weighted by atomic mass is 10.0. The highest BCUT2D eigenvalue weighted by molar-refractivity contribution is 6.33. The largest absolute Gasteiger partial charge is 0.494 e. The second-order valence-corrected chi connectivity index (χ2v) is 4.86. The predicted molar refractivity (Wildman–Crippen MR) is 71.2 cm³/mol. The molecule has 0 saturated heterocycles. The van der Waals surface area contributed by atoms with E-state index in [4.69, 9.17) is 26.6 Å². The average molecular weight is 280 g/mol. The lowest BCUT2D eigenvalue weighted by Gasteiger charge is -2.12. The SMILES string of the molecule is COc1c(-c2noc(CN)n2)cc2c(c1Cl)CCC2. The first-order valence-electron chi connectivity index (χ1n) is 6.16. The highest BCUT2D eigenvalue weighted by Gasteiger charge is 2.23. The number of nitrogens with two attached hydrogens (primary N) is 1. The van der Waals surface area contributed by atoms with Gasteiger partial charge in [-0.25, -0.2) is 0 Å². The molecule has 1 aromatic heterocycles. The molecule has 0 fully saturated rings. The van der Waals surface area contributed by atoms with Crippen LogP contribution in [0, 0.1) is 0 Å². The van der Waals surface area contributed by atoms with Crippen LogP contribution in [0.2, 0.25) is 5.02 Å². The van der Waals surface area contributed by atoms with Crippen molar-refractivity contribution in [3.63, 3.8) is 0 Å². The Morgan fingerprint density at radius 3 is 3.00 bits per heavy atom. The van der Waals surface area contributed by atoms with E-state index in [2.05, 4.69) is 10.1 Å². The zero-order valence-corrected chi connectivity index (χ0v) is 11.3. The van der Waals surface area contributed by atoms with Crippen LogP contribution in [0.4, 0.5) is 0 Å². The Morgan fingerprint density at radius 2 is 2.32 bits per heavy atom. The number of halogens is 1. The Labute approximate surface area is 115 Å². The molecular weight excluding hydrogens is 266 g/mol. The van der Waals surface area contributed by atoms with Crippen LogP contribution in [-0.4, -0.2) is 17.3 Å². The van der Waals surface area contributed by atoms with Crippen molar-refractivity contribution in [1.82, 2.24) is 10.1 Å². The molecule has 1 heterocycles. The Bertz CT molecular complexity index is 625. The molecule has 1 aliphatic rings. The van der Waals surface area contributed by atoms with Crippen molar-refractivity contribution in [2.75, 3.05) is 7.11 Å². The van der Waals surface area contributed by atoms with Crippen LogP contribution in [0.1, 0.15) is 23.4 Å². The summed E-state index contributed by atoms with van der Waals surface area (Å²) in [6.07, 6.45) is 3.13. The van der Waals surface area contributed by atoms with Crippen LogP contribution >= 0.6 is 11.6 Å². The number of rotatable bonds is 3. The summed E-state index contributed by atoms with van der Waals surface area (Å²) in [5.41, 5.74) is 8.65. The lowest BCUT2D eigenvalue weighted by Crippen LogP contribution is -1.97. The molecule has 0 amide bonds. The third kappa shape index (κ3) is 1.99. The minimum atomic E-state index is 0.216. The monoisotopic (exact) mass is 279 g/mol. The zero-order valence-electron chi connectivity index (χ0n) is 10.6. The number of fused-ring (bicyclic) bond motifs is 1. The molecule has 0 atom stereocenters. The Kier molecular flexibility index (Phi) is 3.16. The minimum Gasteiger partial charge on any atom is -0.494 e. The molecule has 2 N–H and O–H groups in total. The highest BCUT2D eigenvalue weighted by Crippen LogP contribution is 2.42. The van der Waals surface area contributed by atoms with Gasteiger partial charge in [0.05, 0.1) is 24.2 Å². The van der Waals surface area contributed by atoms with Gasteiger partial charge in [0, 0.05) is 0 Å². The molecule has 1 aliphatic carbocycles. The first-order chi connectivity index (χ1) is 9.24. The zero-order chi connectivity index (χ0) is 13.4. The smallest absolute Gasteiger partial charge is 0.240 e. The number of nitrogens with zero attached hydrogens (tertiary/aromatic N) is 2. The third-order valence-corrected chi connectivity index (χ3v) is 3.78. The average Bonchev–Trinajstić information content (AvgIpc) is 3.07. The summed E-state index contributed by atoms with van der Waals surface area (Å²) in [6.45, 7) is 0.216. The van der Waals surface area contributed by atoms with Crippen LogP contribution in [0.15, 0.2) is 10.6 Å². The van der Waals surface area contributed by atoms with Gasteiger partial charge in [0.15, 0.2) is 0 Å². The normalized spacial score (nSPS) is 13.6. The molecule has 2 aromatic rings. The number of benzene rings is 1. The lowest BCUT2D eigenvalue weighted by molar-refractivity contribution is 0.380. The number of aromatic nitrogens is 2. The maximum absolute atomic E-state index is 6.41. The van der Waals surface area contributed by atoms with Gasteiger partial charge >= 0.3 is 0 Å². The van der Waals surface area contributed by atoms with Gasteiger partial charge in [0.1, 0.15) is 5.75 Å². The number of hydrogen-bond donors (Lipinski definition) is 1. The van der Waals surface area contributed by atoms with E-state index in [1.54, 1.807) is 7.11 Å². The molecule has 100 valence electrons. The summed E-state index contributed by atoms with van der Waals surface area (Å²) < 4.78 is 10.5. The standard InChI is InChI=1S/C13H14ClN3O2/c1-18-12-9(13-16-10(6-15)19-17-13)5-7-3-2-4-8(7)11(12)14/h5H,2-4,6,15H2,1H3. The van der Waals surface area contributed by atoms with Crippen molar-refractivity contribution in [3.05, 3.63) is 28.1 Å².